The molecule has 1 saturated carbocycles. The monoisotopic (exact) mass is 283 g/mol. The first-order valence-electron chi connectivity index (χ1n) is 6.96. The van der Waals surface area contributed by atoms with Crippen LogP contribution in [0.3, 0.4) is 0 Å². The zero-order chi connectivity index (χ0) is 14.4. The van der Waals surface area contributed by atoms with Gasteiger partial charge < -0.3 is 13.9 Å². The summed E-state index contributed by atoms with van der Waals surface area (Å²) in [5.41, 5.74) is 1.17. The number of hydrogen-bond acceptors (Lipinski definition) is 5. The molecule has 1 aliphatic rings. The first-order chi connectivity index (χ1) is 10.3. The summed E-state index contributed by atoms with van der Waals surface area (Å²) in [5.74, 6) is 0.0609. The summed E-state index contributed by atoms with van der Waals surface area (Å²) in [6.07, 6.45) is 8.29. The second-order valence-electron chi connectivity index (χ2n) is 5.49. The van der Waals surface area contributed by atoms with E-state index < -0.39 is 5.54 Å². The van der Waals surface area contributed by atoms with E-state index in [0.29, 0.717) is 16.6 Å². The summed E-state index contributed by atoms with van der Waals surface area (Å²) in [7, 11) is 0. The van der Waals surface area contributed by atoms with Gasteiger partial charge in [-0.2, -0.15) is 4.99 Å². The molecule has 3 aromatic rings. The van der Waals surface area contributed by atoms with Crippen LogP contribution in [0.1, 0.15) is 31.2 Å². The van der Waals surface area contributed by atoms with Crippen LogP contribution in [0.15, 0.2) is 38.5 Å². The van der Waals surface area contributed by atoms with Crippen LogP contribution in [0.5, 0.6) is 5.75 Å². The molecule has 0 unspecified atom stereocenters. The highest BCUT2D eigenvalue weighted by Crippen LogP contribution is 2.50. The van der Waals surface area contributed by atoms with E-state index >= 15 is 0 Å². The minimum Gasteiger partial charge on any atom is -0.504 e. The second kappa shape index (κ2) is 4.24. The van der Waals surface area contributed by atoms with Crippen molar-refractivity contribution in [2.75, 3.05) is 0 Å². The van der Waals surface area contributed by atoms with Crippen molar-refractivity contribution in [3.8, 4) is 5.75 Å². The molecule has 0 spiro atoms. The van der Waals surface area contributed by atoms with Crippen LogP contribution in [0.4, 0.5) is 0 Å². The van der Waals surface area contributed by atoms with Crippen LogP contribution in [0.25, 0.3) is 21.9 Å². The molecule has 0 bridgehead atoms. The van der Waals surface area contributed by atoms with Gasteiger partial charge >= 0.3 is 0 Å². The first-order valence-corrected chi connectivity index (χ1v) is 6.96. The highest BCUT2D eigenvalue weighted by Gasteiger charge is 2.40. The van der Waals surface area contributed by atoms with Crippen LogP contribution in [0, 0.1) is 0 Å². The molecule has 1 N–H and O–H groups in total. The quantitative estimate of drug-likeness (QED) is 0.570. The van der Waals surface area contributed by atoms with Gasteiger partial charge in [0.1, 0.15) is 11.1 Å². The zero-order valence-corrected chi connectivity index (χ0v) is 11.3. The van der Waals surface area contributed by atoms with E-state index in [1.165, 1.54) is 12.5 Å². The van der Waals surface area contributed by atoms with Gasteiger partial charge in [-0.25, -0.2) is 4.79 Å². The molecule has 106 valence electrons. The number of nitrogens with zero attached hydrogens (tertiary/aromatic N) is 1. The fourth-order valence-electron chi connectivity index (χ4n) is 3.55. The number of phenols is 1. The fourth-order valence-corrected chi connectivity index (χ4v) is 3.55. The topological polar surface area (TPSA) is 75.9 Å². The van der Waals surface area contributed by atoms with Crippen molar-refractivity contribution in [1.82, 2.24) is 0 Å². The standard InChI is InChI=1S/C16H13NO4/c18-9-17-16(5-1-2-6-16)12-10-3-7-21-15(10)13(19)11-4-8-20-14(11)12/h3-4,7-8,19H,1-2,5-6H2. The molecule has 0 saturated heterocycles. The van der Waals surface area contributed by atoms with Gasteiger partial charge in [0.05, 0.1) is 17.9 Å². The Labute approximate surface area is 119 Å². The Morgan fingerprint density at radius 3 is 2.48 bits per heavy atom. The molecule has 2 heterocycles. The molecule has 0 atom stereocenters. The summed E-state index contributed by atoms with van der Waals surface area (Å²) >= 11 is 0. The van der Waals surface area contributed by atoms with Gasteiger partial charge in [0.25, 0.3) is 0 Å². The second-order valence-corrected chi connectivity index (χ2v) is 5.49. The van der Waals surface area contributed by atoms with E-state index in [2.05, 4.69) is 4.99 Å². The molecule has 1 aliphatic carbocycles. The first kappa shape index (κ1) is 12.2. The predicted octanol–water partition coefficient (Wildman–Crippen LogP) is 3.99. The van der Waals surface area contributed by atoms with Gasteiger partial charge in [-0.1, -0.05) is 12.8 Å². The van der Waals surface area contributed by atoms with Crippen molar-refractivity contribution in [3.05, 3.63) is 30.2 Å². The lowest BCUT2D eigenvalue weighted by Gasteiger charge is -2.24. The van der Waals surface area contributed by atoms with Crippen LogP contribution in [0.2, 0.25) is 0 Å². The lowest BCUT2D eigenvalue weighted by molar-refractivity contribution is 0.451. The molecule has 0 aliphatic heterocycles. The number of fused-ring (bicyclic) bond motifs is 2. The number of furan rings is 2. The van der Waals surface area contributed by atoms with Gasteiger partial charge in [-0.05, 0) is 25.0 Å². The van der Waals surface area contributed by atoms with E-state index in [1.54, 1.807) is 18.2 Å². The van der Waals surface area contributed by atoms with Gasteiger partial charge in [-0.3, -0.25) is 0 Å². The van der Waals surface area contributed by atoms with Gasteiger partial charge in [0.15, 0.2) is 11.3 Å². The highest BCUT2D eigenvalue weighted by molar-refractivity contribution is 6.04. The molecule has 1 aromatic carbocycles. The molecule has 4 rings (SSSR count). The third kappa shape index (κ3) is 1.52. The van der Waals surface area contributed by atoms with E-state index in [4.69, 9.17) is 8.83 Å². The number of hydrogen-bond donors (Lipinski definition) is 1. The van der Waals surface area contributed by atoms with Gasteiger partial charge in [0.2, 0.25) is 6.08 Å². The zero-order valence-electron chi connectivity index (χ0n) is 11.3. The van der Waals surface area contributed by atoms with Crippen molar-refractivity contribution < 1.29 is 18.7 Å². The number of isocyanates is 1. The van der Waals surface area contributed by atoms with Crippen LogP contribution >= 0.6 is 0 Å². The van der Waals surface area contributed by atoms with E-state index in [1.807, 2.05) is 0 Å². The Kier molecular flexibility index (Phi) is 2.47. The molecule has 21 heavy (non-hydrogen) atoms. The maximum Gasteiger partial charge on any atom is 0.235 e. The number of rotatable bonds is 2. The summed E-state index contributed by atoms with van der Waals surface area (Å²) in [4.78, 5) is 15.1. The van der Waals surface area contributed by atoms with Crippen molar-refractivity contribution in [2.24, 2.45) is 4.99 Å². The molecule has 5 heteroatoms. The Morgan fingerprint density at radius 1 is 1.10 bits per heavy atom. The van der Waals surface area contributed by atoms with E-state index in [-0.39, 0.29) is 5.75 Å². The summed E-state index contributed by atoms with van der Waals surface area (Å²) in [5, 5.41) is 11.6. The SMILES string of the molecule is O=C=NC1(c2c3ccoc3c(O)c3ccoc23)CCCC1. The van der Waals surface area contributed by atoms with E-state index in [0.717, 1.165) is 36.6 Å². The fraction of sp³-hybridized carbons (Fsp3) is 0.312. The van der Waals surface area contributed by atoms with Crippen LogP contribution in [-0.4, -0.2) is 11.2 Å². The highest BCUT2D eigenvalue weighted by atomic mass is 16.4. The average molecular weight is 283 g/mol. The Morgan fingerprint density at radius 2 is 1.76 bits per heavy atom. The molecule has 0 radical (unpaired) electrons. The molecule has 1 fully saturated rings. The number of phenolic OH excluding ortho intramolecular Hbond substituents is 1. The van der Waals surface area contributed by atoms with Crippen molar-refractivity contribution >= 4 is 28.0 Å². The lowest BCUT2D eigenvalue weighted by atomic mass is 9.85. The summed E-state index contributed by atoms with van der Waals surface area (Å²) in [6.45, 7) is 0. The van der Waals surface area contributed by atoms with Crippen molar-refractivity contribution in [3.63, 3.8) is 0 Å². The summed E-state index contributed by atoms with van der Waals surface area (Å²) in [6, 6.07) is 3.48. The minimum atomic E-state index is -0.631. The third-order valence-electron chi connectivity index (χ3n) is 4.45. The number of aromatic hydroxyl groups is 1. The molecular formula is C16H13NO4. The molecule has 2 aromatic heterocycles. The maximum absolute atomic E-state index is 11.0. The van der Waals surface area contributed by atoms with Crippen LogP contribution in [-0.2, 0) is 10.3 Å². The average Bonchev–Trinajstić information content (AvgIpc) is 3.18. The third-order valence-corrected chi connectivity index (χ3v) is 4.45. The Balaban J connectivity index is 2.19. The van der Waals surface area contributed by atoms with Gasteiger partial charge in [-0.15, -0.1) is 0 Å². The number of benzene rings is 1. The maximum atomic E-state index is 11.0. The van der Waals surface area contributed by atoms with Gasteiger partial charge in [0, 0.05) is 10.9 Å². The Bertz CT molecular complexity index is 825. The predicted molar refractivity (Wildman–Crippen MR) is 75.9 cm³/mol. The van der Waals surface area contributed by atoms with E-state index in [9.17, 15) is 9.90 Å². The smallest absolute Gasteiger partial charge is 0.235 e. The molecule has 5 nitrogen and oxygen atoms in total. The Hall–Kier alpha value is -2.52. The normalized spacial score (nSPS) is 17.3. The minimum absolute atomic E-state index is 0.0609. The van der Waals surface area contributed by atoms with Crippen molar-refractivity contribution in [1.29, 1.82) is 0 Å². The molecule has 0 amide bonds. The summed E-state index contributed by atoms with van der Waals surface area (Å²) < 4.78 is 11.0. The molecular weight excluding hydrogens is 270 g/mol. The van der Waals surface area contributed by atoms with Crippen LogP contribution < -0.4 is 0 Å². The van der Waals surface area contributed by atoms with Crippen molar-refractivity contribution in [2.45, 2.75) is 31.2 Å². The number of carbonyl (C=O) groups excluding carboxylic acids is 1. The largest absolute Gasteiger partial charge is 0.504 e. The lowest BCUT2D eigenvalue weighted by Crippen LogP contribution is -2.19. The number of aliphatic imine (C=N–C) groups is 1.